The maximum Gasteiger partial charge on any atom is 0.364 e. The van der Waals surface area contributed by atoms with Gasteiger partial charge < -0.3 is 115 Å². The molecule has 26 heteroatoms. The molecule has 4 saturated heterocycles. The van der Waals surface area contributed by atoms with Crippen LogP contribution in [0.4, 0.5) is 0 Å². The van der Waals surface area contributed by atoms with Gasteiger partial charge in [0.05, 0.1) is 38.6 Å². The molecule has 4 aliphatic rings. The smallest absolute Gasteiger partial charge is 0.364 e. The number of aliphatic hydroxyl groups is 13. The van der Waals surface area contributed by atoms with E-state index in [0.29, 0.717) is 0 Å². The number of hydrogen-bond acceptors (Lipinski definition) is 23. The van der Waals surface area contributed by atoms with Crippen molar-refractivity contribution in [1.82, 2.24) is 10.6 Å². The Balaban J connectivity index is 1.64. The Morgan fingerprint density at radius 2 is 1.28 bits per heavy atom. The zero-order chi connectivity index (χ0) is 42.7. The third-order valence-electron chi connectivity index (χ3n) is 9.96. The zero-order valence-electron chi connectivity index (χ0n) is 30.4. The Hall–Kier alpha value is -2.39. The number of hydrogen-bond donors (Lipinski definition) is 16. The van der Waals surface area contributed by atoms with Gasteiger partial charge in [0.15, 0.2) is 18.9 Å². The molecule has 0 radical (unpaired) electrons. The van der Waals surface area contributed by atoms with Crippen molar-refractivity contribution in [2.45, 2.75) is 149 Å². The first-order chi connectivity index (χ1) is 26.7. The molecule has 1 unspecified atom stereocenters. The van der Waals surface area contributed by atoms with Gasteiger partial charge in [0.1, 0.15) is 91.5 Å². The lowest BCUT2D eigenvalue weighted by molar-refractivity contribution is -0.382. The van der Waals surface area contributed by atoms with Gasteiger partial charge >= 0.3 is 5.97 Å². The lowest BCUT2D eigenvalue weighted by atomic mass is 9.88. The average Bonchev–Trinajstić information content (AvgIpc) is 3.16. The minimum atomic E-state index is -3.12. The maximum atomic E-state index is 12.8. The Kier molecular flexibility index (Phi) is 16.4. The van der Waals surface area contributed by atoms with Crippen LogP contribution in [0.15, 0.2) is 0 Å². The molecule has 2 amide bonds. The van der Waals surface area contributed by atoms with E-state index in [9.17, 15) is 85.9 Å². The van der Waals surface area contributed by atoms with Crippen molar-refractivity contribution in [2.75, 3.05) is 26.4 Å². The number of carbonyl (C=O) groups is 3. The molecule has 4 fully saturated rings. The van der Waals surface area contributed by atoms with E-state index in [4.69, 9.17) is 33.2 Å². The van der Waals surface area contributed by atoms with Crippen LogP contribution in [0.5, 0.6) is 0 Å². The lowest BCUT2D eigenvalue weighted by Crippen LogP contribution is -2.71. The topological polar surface area (TPSA) is 423 Å². The second-order valence-electron chi connectivity index (χ2n) is 14.1. The number of aliphatic carboxylic acids is 1. The second kappa shape index (κ2) is 19.8. The Morgan fingerprint density at radius 3 is 1.82 bits per heavy atom. The highest BCUT2D eigenvalue weighted by molar-refractivity contribution is 5.76. The van der Waals surface area contributed by atoms with E-state index in [1.54, 1.807) is 0 Å². The van der Waals surface area contributed by atoms with Crippen molar-refractivity contribution in [3.63, 3.8) is 0 Å². The van der Waals surface area contributed by atoms with Gasteiger partial charge in [0.2, 0.25) is 11.8 Å². The molecular weight excluding hydrogens is 784 g/mol. The first-order valence-electron chi connectivity index (χ1n) is 17.7. The van der Waals surface area contributed by atoms with E-state index in [0.717, 1.165) is 13.8 Å². The highest BCUT2D eigenvalue weighted by Gasteiger charge is 2.60. The van der Waals surface area contributed by atoms with Gasteiger partial charge in [-0.2, -0.15) is 0 Å². The molecule has 4 heterocycles. The summed E-state index contributed by atoms with van der Waals surface area (Å²) in [6.07, 6.45) is -35.9. The normalized spacial score (nSPS) is 45.1. The van der Waals surface area contributed by atoms with Crippen molar-refractivity contribution in [3.05, 3.63) is 0 Å². The predicted molar refractivity (Wildman–Crippen MR) is 174 cm³/mol. The van der Waals surface area contributed by atoms with E-state index < -0.39 is 179 Å². The molecule has 0 aromatic rings. The summed E-state index contributed by atoms with van der Waals surface area (Å²) in [5, 5.41) is 150. The fraction of sp³-hybridized carbons (Fsp3) is 0.903. The standard InChI is InChI=1S/C31H52N2O24/c1-8(37)32-15-10(39)3-31(30(49)50,56-25(15)17(41)11(40)4-34)57-26-20(44)13(6-36)54-29(23(26)47)55-24-16(33-9(2)38)28(53-12(5-35)19(24)43)51-7-14-18(42)21(45)22(46)27(48)52-14/h10-29,34-36,39-48H,3-7H2,1-2H3,(H,32,37)(H,33,38)(H,49,50)/t10-,11+,12+,13+,14+,15+,16+,17+,18-,19+,20-,21-,22+,23+,24+,25+,26-,27?,28+,29-,31-/m0/s1. The van der Waals surface area contributed by atoms with E-state index in [2.05, 4.69) is 10.6 Å². The van der Waals surface area contributed by atoms with E-state index in [1.807, 2.05) is 0 Å². The molecule has 4 aliphatic heterocycles. The summed E-state index contributed by atoms with van der Waals surface area (Å²) >= 11 is 0. The largest absolute Gasteiger partial charge is 0.477 e. The summed E-state index contributed by atoms with van der Waals surface area (Å²) in [5.74, 6) is -6.73. The molecule has 16 N–H and O–H groups in total. The third kappa shape index (κ3) is 10.3. The minimum absolute atomic E-state index is 0.724. The fourth-order valence-corrected chi connectivity index (χ4v) is 6.95. The Bertz CT molecular complexity index is 1350. The highest BCUT2D eigenvalue weighted by atomic mass is 16.8. The van der Waals surface area contributed by atoms with Crippen LogP contribution in [0.1, 0.15) is 20.3 Å². The van der Waals surface area contributed by atoms with Crippen LogP contribution >= 0.6 is 0 Å². The van der Waals surface area contributed by atoms with Crippen LogP contribution in [0.25, 0.3) is 0 Å². The summed E-state index contributed by atoms with van der Waals surface area (Å²) in [4.78, 5) is 37.1. The number of carboxylic acid groups (broad SMARTS) is 1. The number of nitrogens with one attached hydrogen (secondary N) is 2. The van der Waals surface area contributed by atoms with E-state index in [1.165, 1.54) is 0 Å². The number of carbonyl (C=O) groups excluding carboxylic acids is 2. The number of aliphatic hydroxyl groups excluding tert-OH is 13. The van der Waals surface area contributed by atoms with Gasteiger partial charge in [0, 0.05) is 20.3 Å². The molecule has 0 aliphatic carbocycles. The molecule has 0 saturated carbocycles. The van der Waals surface area contributed by atoms with Crippen LogP contribution in [-0.2, 0) is 47.5 Å². The molecule has 26 nitrogen and oxygen atoms in total. The SMILES string of the molecule is CC(=O)N[C@H]1[C@H](OC[C@H]2OC(O)[C@H](O)[C@@H](O)[C@H]2O)O[C@H](CO)[C@@H](O)[C@@H]1O[C@@H]1O[C@H](CO)[C@H](O)[C@H](O[C@]2(C(=O)O)C[C@H](O)[C@@H](NC(C)=O)[C@H]([C@H](O)[C@H](O)CO)O2)[C@H]1O. The molecule has 4 rings (SSSR count). The number of carboxylic acids is 1. The summed E-state index contributed by atoms with van der Waals surface area (Å²) in [6, 6.07) is -3.23. The van der Waals surface area contributed by atoms with Gasteiger partial charge in [-0.15, -0.1) is 0 Å². The first kappa shape index (κ1) is 47.3. The predicted octanol–water partition coefficient (Wildman–Crippen LogP) is -10.3. The number of amides is 2. The monoisotopic (exact) mass is 836 g/mol. The van der Waals surface area contributed by atoms with Crippen molar-refractivity contribution >= 4 is 17.8 Å². The summed E-state index contributed by atoms with van der Waals surface area (Å²) in [7, 11) is 0. The second-order valence-corrected chi connectivity index (χ2v) is 14.1. The van der Waals surface area contributed by atoms with Crippen molar-refractivity contribution in [2.24, 2.45) is 0 Å². The molecule has 0 bridgehead atoms. The van der Waals surface area contributed by atoms with E-state index >= 15 is 0 Å². The van der Waals surface area contributed by atoms with Crippen LogP contribution < -0.4 is 10.6 Å². The van der Waals surface area contributed by atoms with Gasteiger partial charge in [-0.25, -0.2) is 4.79 Å². The summed E-state index contributed by atoms with van der Waals surface area (Å²) < 4.78 is 39.0. The van der Waals surface area contributed by atoms with Crippen LogP contribution in [0.2, 0.25) is 0 Å². The van der Waals surface area contributed by atoms with Crippen molar-refractivity contribution < 1.29 is 119 Å². The van der Waals surface area contributed by atoms with Crippen molar-refractivity contribution in [1.29, 1.82) is 0 Å². The molecule has 330 valence electrons. The minimum Gasteiger partial charge on any atom is -0.477 e. The first-order valence-corrected chi connectivity index (χ1v) is 17.7. The van der Waals surface area contributed by atoms with Gasteiger partial charge in [-0.05, 0) is 0 Å². The summed E-state index contributed by atoms with van der Waals surface area (Å²) in [5.41, 5.74) is 0. The molecular formula is C31H52N2O24. The van der Waals surface area contributed by atoms with Crippen LogP contribution in [0, 0.1) is 0 Å². The Morgan fingerprint density at radius 1 is 0.719 bits per heavy atom. The van der Waals surface area contributed by atoms with Crippen LogP contribution in [0.3, 0.4) is 0 Å². The maximum absolute atomic E-state index is 12.8. The molecule has 21 atom stereocenters. The van der Waals surface area contributed by atoms with Crippen molar-refractivity contribution in [3.8, 4) is 0 Å². The van der Waals surface area contributed by atoms with E-state index in [-0.39, 0.29) is 0 Å². The van der Waals surface area contributed by atoms with Gasteiger partial charge in [0.25, 0.3) is 5.79 Å². The zero-order valence-corrected chi connectivity index (χ0v) is 30.4. The third-order valence-corrected chi connectivity index (χ3v) is 9.96. The molecule has 0 aromatic heterocycles. The molecule has 0 spiro atoms. The van der Waals surface area contributed by atoms with Gasteiger partial charge in [-0.3, -0.25) is 9.59 Å². The summed E-state index contributed by atoms with van der Waals surface area (Å²) in [6.45, 7) is -1.77. The van der Waals surface area contributed by atoms with Crippen LogP contribution in [-0.4, -0.2) is 244 Å². The average molecular weight is 837 g/mol. The fourth-order valence-electron chi connectivity index (χ4n) is 6.95. The number of ether oxygens (including phenoxy) is 7. The molecule has 57 heavy (non-hydrogen) atoms. The quantitative estimate of drug-likeness (QED) is 0.0728. The number of rotatable bonds is 15. The molecule has 0 aromatic carbocycles. The Labute approximate surface area is 322 Å². The lowest BCUT2D eigenvalue weighted by Gasteiger charge is -2.51. The van der Waals surface area contributed by atoms with Gasteiger partial charge in [-0.1, -0.05) is 0 Å². The highest BCUT2D eigenvalue weighted by Crippen LogP contribution is 2.38.